The summed E-state index contributed by atoms with van der Waals surface area (Å²) in [5, 5.41) is 0. The summed E-state index contributed by atoms with van der Waals surface area (Å²) in [7, 11) is -3.09. The molecule has 1 atom stereocenters. The summed E-state index contributed by atoms with van der Waals surface area (Å²) in [6.07, 6.45) is 4.71. The summed E-state index contributed by atoms with van der Waals surface area (Å²) in [6, 6.07) is 6.64. The van der Waals surface area contributed by atoms with Crippen LogP contribution in [0.4, 0.5) is 4.39 Å². The van der Waals surface area contributed by atoms with E-state index >= 15 is 0 Å². The maximum absolute atomic E-state index is 13.2. The second-order valence-electron chi connectivity index (χ2n) is 6.63. The van der Waals surface area contributed by atoms with Crippen LogP contribution in [0.25, 0.3) is 0 Å². The molecule has 122 valence electrons. The van der Waals surface area contributed by atoms with Crippen molar-refractivity contribution in [1.82, 2.24) is 4.31 Å². The van der Waals surface area contributed by atoms with Crippen LogP contribution < -0.4 is 0 Å². The molecule has 2 aliphatic heterocycles. The molecule has 0 N–H and O–H groups in total. The molecule has 2 fully saturated rings. The van der Waals surface area contributed by atoms with E-state index in [0.29, 0.717) is 19.7 Å². The van der Waals surface area contributed by atoms with Gasteiger partial charge < -0.3 is 4.74 Å². The molecule has 3 rings (SSSR count). The number of benzene rings is 1. The molecule has 0 bridgehead atoms. The molecule has 2 saturated heterocycles. The monoisotopic (exact) mass is 327 g/mol. The summed E-state index contributed by atoms with van der Waals surface area (Å²) < 4.78 is 43.9. The van der Waals surface area contributed by atoms with E-state index in [2.05, 4.69) is 0 Å². The SMILES string of the molecule is CS(=O)(=O)N1CCC2(CC1)CO[C@@H](Cc1cccc(F)c1)C2. The Bertz CT molecular complexity index is 639. The van der Waals surface area contributed by atoms with Crippen molar-refractivity contribution in [3.63, 3.8) is 0 Å². The average molecular weight is 327 g/mol. The fraction of sp³-hybridized carbons (Fsp3) is 0.625. The van der Waals surface area contributed by atoms with Crippen LogP contribution in [0.1, 0.15) is 24.8 Å². The molecule has 0 unspecified atom stereocenters. The van der Waals surface area contributed by atoms with Gasteiger partial charge in [0.2, 0.25) is 10.0 Å². The Kier molecular flexibility index (Phi) is 4.27. The molecular formula is C16H22FNO3S. The van der Waals surface area contributed by atoms with E-state index in [4.69, 9.17) is 4.74 Å². The summed E-state index contributed by atoms with van der Waals surface area (Å²) in [5.41, 5.74) is 1.05. The molecule has 1 aromatic rings. The van der Waals surface area contributed by atoms with Crippen molar-refractivity contribution in [2.24, 2.45) is 5.41 Å². The summed E-state index contributed by atoms with van der Waals surface area (Å²) in [5.74, 6) is -0.216. The molecule has 4 nitrogen and oxygen atoms in total. The largest absolute Gasteiger partial charge is 0.377 e. The highest BCUT2D eigenvalue weighted by Gasteiger charge is 2.43. The maximum Gasteiger partial charge on any atom is 0.211 e. The minimum Gasteiger partial charge on any atom is -0.377 e. The normalized spacial score (nSPS) is 25.6. The van der Waals surface area contributed by atoms with Gasteiger partial charge in [-0.2, -0.15) is 0 Å². The molecule has 0 radical (unpaired) electrons. The minimum absolute atomic E-state index is 0.0964. The lowest BCUT2D eigenvalue weighted by Crippen LogP contribution is -2.43. The number of hydrogen-bond acceptors (Lipinski definition) is 3. The first-order valence-electron chi connectivity index (χ1n) is 7.68. The second kappa shape index (κ2) is 5.91. The summed E-state index contributed by atoms with van der Waals surface area (Å²) in [6.45, 7) is 1.84. The number of sulfonamides is 1. The van der Waals surface area contributed by atoms with Gasteiger partial charge in [0, 0.05) is 13.1 Å². The van der Waals surface area contributed by atoms with Crippen LogP contribution >= 0.6 is 0 Å². The van der Waals surface area contributed by atoms with Crippen LogP contribution in [0.2, 0.25) is 0 Å². The van der Waals surface area contributed by atoms with Gasteiger partial charge in [0.05, 0.1) is 19.0 Å². The van der Waals surface area contributed by atoms with Crippen LogP contribution in [0, 0.1) is 11.2 Å². The lowest BCUT2D eigenvalue weighted by Gasteiger charge is -2.37. The van der Waals surface area contributed by atoms with E-state index in [1.165, 1.54) is 12.3 Å². The van der Waals surface area contributed by atoms with E-state index in [-0.39, 0.29) is 17.3 Å². The third-order valence-electron chi connectivity index (χ3n) is 4.89. The van der Waals surface area contributed by atoms with Crippen molar-refractivity contribution in [3.8, 4) is 0 Å². The number of ether oxygens (including phenoxy) is 1. The number of piperidine rings is 1. The molecule has 2 aliphatic rings. The molecule has 0 amide bonds. The standard InChI is InChI=1S/C16H22FNO3S/c1-22(19,20)18-7-5-16(6-8-18)11-15(21-12-16)10-13-3-2-4-14(17)9-13/h2-4,9,15H,5-8,10-12H2,1H3/t15-/m0/s1. The zero-order valence-electron chi connectivity index (χ0n) is 12.8. The fourth-order valence-corrected chi connectivity index (χ4v) is 4.44. The number of hydrogen-bond donors (Lipinski definition) is 0. The van der Waals surface area contributed by atoms with Crippen molar-refractivity contribution >= 4 is 10.0 Å². The molecule has 0 saturated carbocycles. The zero-order chi connectivity index (χ0) is 15.8. The first kappa shape index (κ1) is 15.9. The molecular weight excluding hydrogens is 305 g/mol. The Balaban J connectivity index is 1.59. The van der Waals surface area contributed by atoms with Gasteiger partial charge >= 0.3 is 0 Å². The maximum atomic E-state index is 13.2. The van der Waals surface area contributed by atoms with E-state index < -0.39 is 10.0 Å². The van der Waals surface area contributed by atoms with E-state index in [9.17, 15) is 12.8 Å². The first-order valence-corrected chi connectivity index (χ1v) is 9.52. The highest BCUT2D eigenvalue weighted by Crippen LogP contribution is 2.43. The van der Waals surface area contributed by atoms with Crippen LogP contribution in [0.15, 0.2) is 24.3 Å². The topological polar surface area (TPSA) is 46.6 Å². The van der Waals surface area contributed by atoms with E-state index in [0.717, 1.165) is 31.2 Å². The quantitative estimate of drug-likeness (QED) is 0.855. The highest BCUT2D eigenvalue weighted by atomic mass is 32.2. The number of nitrogens with zero attached hydrogens (tertiary/aromatic N) is 1. The van der Waals surface area contributed by atoms with Crippen molar-refractivity contribution in [2.45, 2.75) is 31.8 Å². The van der Waals surface area contributed by atoms with Gasteiger partial charge in [0.1, 0.15) is 5.82 Å². The molecule has 0 aromatic heterocycles. The van der Waals surface area contributed by atoms with E-state index in [1.807, 2.05) is 6.07 Å². The van der Waals surface area contributed by atoms with Crippen LogP contribution in [-0.4, -0.2) is 44.8 Å². The predicted molar refractivity (Wildman–Crippen MR) is 82.5 cm³/mol. The van der Waals surface area contributed by atoms with Crippen molar-refractivity contribution in [1.29, 1.82) is 0 Å². The van der Waals surface area contributed by atoms with Crippen LogP contribution in [0.5, 0.6) is 0 Å². The summed E-state index contributed by atoms with van der Waals surface area (Å²) in [4.78, 5) is 0. The predicted octanol–water partition coefficient (Wildman–Crippen LogP) is 2.20. The third kappa shape index (κ3) is 3.50. The highest BCUT2D eigenvalue weighted by molar-refractivity contribution is 7.88. The van der Waals surface area contributed by atoms with Crippen molar-refractivity contribution in [2.75, 3.05) is 26.0 Å². The van der Waals surface area contributed by atoms with E-state index in [1.54, 1.807) is 16.4 Å². The molecule has 2 heterocycles. The van der Waals surface area contributed by atoms with Crippen molar-refractivity contribution < 1.29 is 17.5 Å². The Morgan fingerprint density at radius 3 is 2.73 bits per heavy atom. The van der Waals surface area contributed by atoms with Crippen LogP contribution in [0.3, 0.4) is 0 Å². The average Bonchev–Trinajstić information content (AvgIpc) is 2.81. The van der Waals surface area contributed by atoms with Gasteiger partial charge in [-0.3, -0.25) is 0 Å². The first-order chi connectivity index (χ1) is 10.4. The van der Waals surface area contributed by atoms with Gasteiger partial charge in [-0.1, -0.05) is 12.1 Å². The fourth-order valence-electron chi connectivity index (χ4n) is 3.59. The molecule has 22 heavy (non-hydrogen) atoms. The third-order valence-corrected chi connectivity index (χ3v) is 6.19. The Hall–Kier alpha value is -0.980. The molecule has 0 aliphatic carbocycles. The van der Waals surface area contributed by atoms with Gasteiger partial charge in [-0.25, -0.2) is 17.1 Å². The Morgan fingerprint density at radius 2 is 2.09 bits per heavy atom. The summed E-state index contributed by atoms with van der Waals surface area (Å²) >= 11 is 0. The second-order valence-corrected chi connectivity index (χ2v) is 8.62. The Labute approximate surface area is 131 Å². The van der Waals surface area contributed by atoms with Gasteiger partial charge in [0.25, 0.3) is 0 Å². The lowest BCUT2D eigenvalue weighted by atomic mass is 9.76. The Morgan fingerprint density at radius 1 is 1.36 bits per heavy atom. The minimum atomic E-state index is -3.09. The lowest BCUT2D eigenvalue weighted by molar-refractivity contribution is 0.0793. The number of halogens is 1. The van der Waals surface area contributed by atoms with Gasteiger partial charge in [-0.05, 0) is 48.8 Å². The van der Waals surface area contributed by atoms with Gasteiger partial charge in [-0.15, -0.1) is 0 Å². The molecule has 1 aromatic carbocycles. The van der Waals surface area contributed by atoms with Crippen LogP contribution in [-0.2, 0) is 21.2 Å². The van der Waals surface area contributed by atoms with Crippen molar-refractivity contribution in [3.05, 3.63) is 35.6 Å². The zero-order valence-corrected chi connectivity index (χ0v) is 13.6. The number of rotatable bonds is 3. The molecule has 6 heteroatoms. The van der Waals surface area contributed by atoms with Gasteiger partial charge in [0.15, 0.2) is 0 Å². The molecule has 1 spiro atoms. The smallest absolute Gasteiger partial charge is 0.211 e.